The molecule has 0 bridgehead atoms. The molecule has 2 aliphatic carbocycles. The van der Waals surface area contributed by atoms with Gasteiger partial charge in [0.25, 0.3) is 5.56 Å². The monoisotopic (exact) mass is 859 g/mol. The first-order valence-electron chi connectivity index (χ1n) is 22.2. The molecule has 10 rings (SSSR count). The Balaban J connectivity index is 0.719. The molecule has 6 aliphatic rings. The molecule has 1 atom stereocenters. The molecule has 2 aromatic heterocycles. The highest BCUT2D eigenvalue weighted by Crippen LogP contribution is 2.52. The first kappa shape index (κ1) is 38.8. The van der Waals surface area contributed by atoms with Gasteiger partial charge >= 0.3 is 0 Å². The minimum Gasteiger partial charge on any atom is -0.367 e. The molecule has 2 saturated carbocycles. The van der Waals surface area contributed by atoms with Gasteiger partial charge in [0.05, 0.1) is 45.5 Å². The molecule has 11 nitrogen and oxygen atoms in total. The number of anilines is 1. The van der Waals surface area contributed by atoms with Crippen molar-refractivity contribution in [3.05, 3.63) is 92.2 Å². The van der Waals surface area contributed by atoms with Gasteiger partial charge in [-0.3, -0.25) is 34.0 Å². The zero-order valence-electron chi connectivity index (χ0n) is 33.8. The highest BCUT2D eigenvalue weighted by atomic mass is 79.9. The quantitative estimate of drug-likeness (QED) is 0.207. The minimum atomic E-state index is -0.382. The number of rotatable bonds is 6. The van der Waals surface area contributed by atoms with Crippen molar-refractivity contribution in [2.45, 2.75) is 101 Å². The predicted octanol–water partition coefficient (Wildman–Crippen LogP) is 6.96. The summed E-state index contributed by atoms with van der Waals surface area (Å²) in [5, 5.41) is 3.08. The van der Waals surface area contributed by atoms with Gasteiger partial charge < -0.3 is 14.7 Å². The minimum absolute atomic E-state index is 0.127. The second-order valence-corrected chi connectivity index (χ2v) is 19.0. The molecule has 12 heteroatoms. The molecular weight excluding hydrogens is 806 g/mol. The third-order valence-electron chi connectivity index (χ3n) is 14.9. The lowest BCUT2D eigenvalue weighted by Crippen LogP contribution is -2.51. The van der Waals surface area contributed by atoms with Gasteiger partial charge in [0, 0.05) is 49.5 Å². The number of hydrogen-bond donors (Lipinski definition) is 1. The predicted molar refractivity (Wildman–Crippen MR) is 231 cm³/mol. The van der Waals surface area contributed by atoms with Gasteiger partial charge in [-0.25, -0.2) is 0 Å². The number of aromatic nitrogens is 3. The van der Waals surface area contributed by atoms with Crippen LogP contribution in [0.15, 0.2) is 64.0 Å². The fourth-order valence-corrected chi connectivity index (χ4v) is 12.1. The molecule has 0 radical (unpaired) electrons. The van der Waals surface area contributed by atoms with E-state index < -0.39 is 0 Å². The molecule has 1 spiro atoms. The van der Waals surface area contributed by atoms with Crippen LogP contribution in [0.25, 0.3) is 16.6 Å². The van der Waals surface area contributed by atoms with E-state index in [2.05, 4.69) is 69.8 Å². The molecule has 4 aliphatic heterocycles. The Kier molecular flexibility index (Phi) is 10.4. The largest absolute Gasteiger partial charge is 0.367 e. The number of pyridine rings is 1. The van der Waals surface area contributed by atoms with Crippen molar-refractivity contribution < 1.29 is 14.4 Å². The topological polar surface area (TPSA) is 121 Å². The second kappa shape index (κ2) is 15.9. The summed E-state index contributed by atoms with van der Waals surface area (Å²) in [4.78, 5) is 67.4. The average molecular weight is 861 g/mol. The number of benzene rings is 2. The number of fused-ring (bicyclic) bond motifs is 7. The zero-order valence-corrected chi connectivity index (χ0v) is 35.4. The van der Waals surface area contributed by atoms with Gasteiger partial charge in [-0.05, 0) is 140 Å². The molecule has 3 amide bonds. The summed E-state index contributed by atoms with van der Waals surface area (Å²) in [6.07, 6.45) is 14.8. The van der Waals surface area contributed by atoms with Crippen LogP contribution in [0.2, 0.25) is 0 Å². The lowest BCUT2D eigenvalue weighted by Gasteiger charge is -2.40. The molecule has 1 unspecified atom stereocenters. The normalized spacial score (nSPS) is 24.9. The van der Waals surface area contributed by atoms with Gasteiger partial charge in [0.1, 0.15) is 5.82 Å². The van der Waals surface area contributed by atoms with E-state index in [9.17, 15) is 19.2 Å². The Morgan fingerprint density at radius 2 is 1.63 bits per heavy atom. The van der Waals surface area contributed by atoms with Crippen LogP contribution in [0.3, 0.4) is 0 Å². The van der Waals surface area contributed by atoms with Crippen LogP contribution in [0.4, 0.5) is 5.69 Å². The highest BCUT2D eigenvalue weighted by Gasteiger charge is 2.47. The van der Waals surface area contributed by atoms with Crippen molar-refractivity contribution >= 4 is 50.2 Å². The standard InChI is InChI=1S/C47H54BrN7O4/c48-37-5-4-6-39-42(37)44(58)51-46-47(19-2-1-3-20-47)36-14-11-33(27-40(36)55(39)46)31-17-21-52(22-18-31)29-30-7-9-32(10-8-30)45(59)54-25-23-53(24-26-54)34-12-15-38(49-28-34)35-13-16-41(56)50-43(35)57/h4-6,11-12,14-15,27-28,30-32,35H,1-3,7-10,13,16-26,29H2,(H,50,56,57). The Morgan fingerprint density at radius 1 is 0.847 bits per heavy atom. The molecule has 3 saturated heterocycles. The van der Waals surface area contributed by atoms with Crippen molar-refractivity contribution in [3.63, 3.8) is 0 Å². The highest BCUT2D eigenvalue weighted by molar-refractivity contribution is 9.10. The van der Waals surface area contributed by atoms with E-state index >= 15 is 0 Å². The summed E-state index contributed by atoms with van der Waals surface area (Å²) in [5.74, 6) is 1.68. The fourth-order valence-electron chi connectivity index (χ4n) is 11.6. The number of piperidine rings is 2. The van der Waals surface area contributed by atoms with Crippen LogP contribution >= 0.6 is 15.9 Å². The average Bonchev–Trinajstić information content (AvgIpc) is 3.51. The van der Waals surface area contributed by atoms with Crippen LogP contribution in [0.1, 0.15) is 118 Å². The van der Waals surface area contributed by atoms with Crippen molar-refractivity contribution in [2.24, 2.45) is 11.8 Å². The molecule has 1 N–H and O–H groups in total. The third-order valence-corrected chi connectivity index (χ3v) is 15.5. The van der Waals surface area contributed by atoms with E-state index in [-0.39, 0.29) is 34.6 Å². The first-order chi connectivity index (χ1) is 28.8. The molecule has 6 heterocycles. The first-order valence-corrected chi connectivity index (χ1v) is 23.0. The molecule has 4 aromatic rings. The Morgan fingerprint density at radius 3 is 2.36 bits per heavy atom. The number of carbonyl (C=O) groups excluding carboxylic acids is 3. The number of piperazine rings is 1. The second-order valence-electron chi connectivity index (χ2n) is 18.2. The number of amides is 3. The van der Waals surface area contributed by atoms with Crippen LogP contribution < -0.4 is 15.8 Å². The van der Waals surface area contributed by atoms with E-state index in [0.717, 1.165) is 118 Å². The summed E-state index contributed by atoms with van der Waals surface area (Å²) in [5.41, 5.74) is 6.32. The fraction of sp³-hybridized carbons (Fsp3) is 0.532. The summed E-state index contributed by atoms with van der Waals surface area (Å²) in [6, 6.07) is 17.2. The summed E-state index contributed by atoms with van der Waals surface area (Å²) < 4.78 is 3.13. The van der Waals surface area contributed by atoms with Crippen LogP contribution in [0, 0.1) is 11.8 Å². The number of nitrogens with zero attached hydrogens (tertiary/aromatic N) is 6. The number of nitrogens with one attached hydrogen (secondary N) is 1. The number of imide groups is 1. The molecular formula is C47H54BrN7O4. The molecule has 59 heavy (non-hydrogen) atoms. The van der Waals surface area contributed by atoms with Gasteiger partial charge in [-0.2, -0.15) is 4.98 Å². The maximum atomic E-state index is 13.7. The maximum Gasteiger partial charge on any atom is 0.281 e. The van der Waals surface area contributed by atoms with Gasteiger partial charge in [-0.15, -0.1) is 0 Å². The number of likely N-dealkylation sites (tertiary alicyclic amines) is 1. The molecule has 308 valence electrons. The van der Waals surface area contributed by atoms with Crippen molar-refractivity contribution in [3.8, 4) is 5.69 Å². The number of carbonyl (C=O) groups is 3. The Hall–Kier alpha value is -4.42. The summed E-state index contributed by atoms with van der Waals surface area (Å²) in [6.45, 7) is 6.29. The van der Waals surface area contributed by atoms with Crippen molar-refractivity contribution in [2.75, 3.05) is 50.7 Å². The summed E-state index contributed by atoms with van der Waals surface area (Å²) >= 11 is 3.66. The lowest BCUT2D eigenvalue weighted by atomic mass is 9.69. The SMILES string of the molecule is O=C1CCC(c2ccc(N3CCN(C(=O)C4CCC(CN5CCC(c6ccc7c(c6)-n6c(nc(=O)c8c(Br)cccc86)C76CCCCC6)CC5)CC4)CC3)cn2)C(=O)N1. The van der Waals surface area contributed by atoms with Gasteiger partial charge in [-0.1, -0.05) is 37.5 Å². The van der Waals surface area contributed by atoms with Crippen LogP contribution in [-0.2, 0) is 19.8 Å². The van der Waals surface area contributed by atoms with Gasteiger partial charge in [0.15, 0.2) is 0 Å². The maximum absolute atomic E-state index is 13.7. The van der Waals surface area contributed by atoms with E-state index in [1.54, 1.807) is 0 Å². The van der Waals surface area contributed by atoms with E-state index in [1.807, 2.05) is 30.5 Å². The molecule has 2 aromatic carbocycles. The van der Waals surface area contributed by atoms with Crippen molar-refractivity contribution in [1.82, 2.24) is 29.7 Å². The Labute approximate surface area is 354 Å². The van der Waals surface area contributed by atoms with Crippen LogP contribution in [0.5, 0.6) is 0 Å². The third kappa shape index (κ3) is 7.11. The summed E-state index contributed by atoms with van der Waals surface area (Å²) in [7, 11) is 0. The Bertz CT molecular complexity index is 2330. The van der Waals surface area contributed by atoms with Gasteiger partial charge in [0.2, 0.25) is 17.7 Å². The van der Waals surface area contributed by atoms with E-state index in [1.165, 1.54) is 23.2 Å². The smallest absolute Gasteiger partial charge is 0.281 e. The van der Waals surface area contributed by atoms with Crippen molar-refractivity contribution in [1.29, 1.82) is 0 Å². The lowest BCUT2D eigenvalue weighted by molar-refractivity contribution is -0.137. The zero-order chi connectivity index (χ0) is 40.3. The number of halogens is 1. The van der Waals surface area contributed by atoms with E-state index in [0.29, 0.717) is 54.8 Å². The molecule has 5 fully saturated rings. The number of hydrogen-bond acceptors (Lipinski definition) is 8. The van der Waals surface area contributed by atoms with E-state index in [4.69, 9.17) is 4.98 Å². The van der Waals surface area contributed by atoms with Crippen LogP contribution in [-0.4, -0.2) is 87.9 Å².